The number of carboxylic acid groups (broad SMARTS) is 3. The quantitative estimate of drug-likeness (QED) is 0.600. The van der Waals surface area contributed by atoms with E-state index in [1.54, 1.807) is 6.92 Å². The van der Waals surface area contributed by atoms with Crippen molar-refractivity contribution in [2.75, 3.05) is 0 Å². The average Bonchev–Trinajstić information content (AvgIpc) is 2.49. The molecular formula is C17H22O6. The molecule has 1 aromatic rings. The zero-order valence-corrected chi connectivity index (χ0v) is 13.4. The largest absolute Gasteiger partial charge is 0.478 e. The van der Waals surface area contributed by atoms with Crippen molar-refractivity contribution >= 4 is 17.9 Å². The topological polar surface area (TPSA) is 112 Å². The molecule has 0 bridgehead atoms. The monoisotopic (exact) mass is 322 g/mol. The fourth-order valence-corrected chi connectivity index (χ4v) is 2.74. The first-order valence-corrected chi connectivity index (χ1v) is 7.73. The minimum absolute atomic E-state index is 0.0635. The van der Waals surface area contributed by atoms with E-state index in [0.29, 0.717) is 18.4 Å². The molecule has 0 saturated heterocycles. The molecule has 0 atom stereocenters. The summed E-state index contributed by atoms with van der Waals surface area (Å²) < 4.78 is 0. The predicted molar refractivity (Wildman–Crippen MR) is 84.5 cm³/mol. The van der Waals surface area contributed by atoms with E-state index in [0.717, 1.165) is 19.3 Å². The Balaban J connectivity index is 3.55. The van der Waals surface area contributed by atoms with Crippen LogP contribution in [0.3, 0.4) is 0 Å². The summed E-state index contributed by atoms with van der Waals surface area (Å²) in [6, 6.07) is 1.17. The van der Waals surface area contributed by atoms with Crippen molar-refractivity contribution in [1.29, 1.82) is 0 Å². The second kappa shape index (κ2) is 8.31. The van der Waals surface area contributed by atoms with E-state index in [-0.39, 0.29) is 23.1 Å². The third-order valence-electron chi connectivity index (χ3n) is 3.83. The first kappa shape index (κ1) is 18.7. The average molecular weight is 322 g/mol. The van der Waals surface area contributed by atoms with Crippen molar-refractivity contribution in [3.8, 4) is 0 Å². The van der Waals surface area contributed by atoms with Crippen molar-refractivity contribution < 1.29 is 29.7 Å². The first-order chi connectivity index (χ1) is 10.8. The van der Waals surface area contributed by atoms with E-state index in [1.807, 2.05) is 6.92 Å². The Morgan fingerprint density at radius 2 is 1.48 bits per heavy atom. The summed E-state index contributed by atoms with van der Waals surface area (Å²) in [5, 5.41) is 28.2. The molecule has 126 valence electrons. The van der Waals surface area contributed by atoms with E-state index in [4.69, 9.17) is 0 Å². The van der Waals surface area contributed by atoms with Crippen LogP contribution in [0.1, 0.15) is 81.7 Å². The molecule has 1 aromatic carbocycles. The summed E-state index contributed by atoms with van der Waals surface area (Å²) in [5.74, 6) is -3.98. The van der Waals surface area contributed by atoms with Crippen molar-refractivity contribution in [1.82, 2.24) is 0 Å². The second-order valence-corrected chi connectivity index (χ2v) is 5.39. The first-order valence-electron chi connectivity index (χ1n) is 7.73. The number of hydrogen-bond acceptors (Lipinski definition) is 3. The molecule has 0 spiro atoms. The summed E-state index contributed by atoms with van der Waals surface area (Å²) in [5.41, 5.74) is -0.330. The lowest BCUT2D eigenvalue weighted by atomic mass is 9.87. The van der Waals surface area contributed by atoms with E-state index < -0.39 is 23.5 Å². The van der Waals surface area contributed by atoms with Crippen LogP contribution in [-0.2, 0) is 12.8 Å². The number of carbonyl (C=O) groups is 3. The number of aryl methyl sites for hydroxylation is 1. The fourth-order valence-electron chi connectivity index (χ4n) is 2.74. The summed E-state index contributed by atoms with van der Waals surface area (Å²) in [7, 11) is 0. The maximum atomic E-state index is 11.6. The Labute approximate surface area is 134 Å². The minimum atomic E-state index is -1.40. The lowest BCUT2D eigenvalue weighted by Gasteiger charge is -2.16. The zero-order chi connectivity index (χ0) is 17.6. The number of benzene rings is 1. The fraction of sp³-hybridized carbons (Fsp3) is 0.471. The van der Waals surface area contributed by atoms with Crippen LogP contribution in [0.15, 0.2) is 6.07 Å². The number of hydrogen-bond donors (Lipinski definition) is 3. The van der Waals surface area contributed by atoms with Crippen molar-refractivity contribution in [3.05, 3.63) is 33.9 Å². The Hall–Kier alpha value is -2.37. The standard InChI is InChI=1S/C17H22O6/c1-3-5-6-7-8-11-13(16(20)21)10(4-2)9-12(15(18)19)14(11)17(22)23/h9H,3-8H2,1-2H3,(H,18,19)(H,20,21)(H,22,23). The highest BCUT2D eigenvalue weighted by Crippen LogP contribution is 2.27. The highest BCUT2D eigenvalue weighted by Gasteiger charge is 2.27. The van der Waals surface area contributed by atoms with Crippen LogP contribution in [0.5, 0.6) is 0 Å². The smallest absolute Gasteiger partial charge is 0.336 e. The van der Waals surface area contributed by atoms with E-state index in [1.165, 1.54) is 6.07 Å². The molecule has 0 heterocycles. The molecule has 23 heavy (non-hydrogen) atoms. The third-order valence-corrected chi connectivity index (χ3v) is 3.83. The molecule has 3 N–H and O–H groups in total. The summed E-state index contributed by atoms with van der Waals surface area (Å²) >= 11 is 0. The van der Waals surface area contributed by atoms with Gasteiger partial charge in [0, 0.05) is 0 Å². The van der Waals surface area contributed by atoms with Crippen LogP contribution in [0.2, 0.25) is 0 Å². The lowest BCUT2D eigenvalue weighted by molar-refractivity contribution is 0.0647. The highest BCUT2D eigenvalue weighted by molar-refractivity contribution is 6.06. The summed E-state index contributed by atoms with van der Waals surface area (Å²) in [4.78, 5) is 34.6. The molecule has 0 unspecified atom stereocenters. The van der Waals surface area contributed by atoms with Gasteiger partial charge in [0.2, 0.25) is 0 Å². The molecule has 1 rings (SSSR count). The molecule has 0 amide bonds. The van der Waals surface area contributed by atoms with Gasteiger partial charge in [-0.1, -0.05) is 33.1 Å². The molecule has 0 radical (unpaired) electrons. The molecule has 0 aliphatic rings. The molecule has 6 heteroatoms. The van der Waals surface area contributed by atoms with Gasteiger partial charge in [-0.15, -0.1) is 0 Å². The van der Waals surface area contributed by atoms with Crippen molar-refractivity contribution in [3.63, 3.8) is 0 Å². The summed E-state index contributed by atoms with van der Waals surface area (Å²) in [6.45, 7) is 3.75. The van der Waals surface area contributed by atoms with E-state index >= 15 is 0 Å². The normalized spacial score (nSPS) is 10.5. The maximum absolute atomic E-state index is 11.6. The Morgan fingerprint density at radius 3 is 1.91 bits per heavy atom. The van der Waals surface area contributed by atoms with Crippen LogP contribution in [0.4, 0.5) is 0 Å². The minimum Gasteiger partial charge on any atom is -0.478 e. The Kier molecular flexibility index (Phi) is 6.75. The Morgan fingerprint density at radius 1 is 0.870 bits per heavy atom. The van der Waals surface area contributed by atoms with Crippen molar-refractivity contribution in [2.24, 2.45) is 0 Å². The van der Waals surface area contributed by atoms with Gasteiger partial charge in [-0.2, -0.15) is 0 Å². The van der Waals surface area contributed by atoms with Gasteiger partial charge in [0.25, 0.3) is 0 Å². The van der Waals surface area contributed by atoms with Gasteiger partial charge in [-0.3, -0.25) is 0 Å². The summed E-state index contributed by atoms with van der Waals surface area (Å²) in [6.07, 6.45) is 3.99. The van der Waals surface area contributed by atoms with E-state index in [2.05, 4.69) is 0 Å². The van der Waals surface area contributed by atoms with Crippen LogP contribution in [-0.4, -0.2) is 33.2 Å². The van der Waals surface area contributed by atoms with Crippen LogP contribution < -0.4 is 0 Å². The number of unbranched alkanes of at least 4 members (excludes halogenated alkanes) is 3. The van der Waals surface area contributed by atoms with Crippen molar-refractivity contribution in [2.45, 2.75) is 52.4 Å². The van der Waals surface area contributed by atoms with Gasteiger partial charge in [-0.05, 0) is 36.5 Å². The SMILES string of the molecule is CCCCCCc1c(C(=O)O)c(CC)cc(C(=O)O)c1C(=O)O. The van der Waals surface area contributed by atoms with E-state index in [9.17, 15) is 29.7 Å². The zero-order valence-electron chi connectivity index (χ0n) is 13.4. The molecule has 0 fully saturated rings. The lowest BCUT2D eigenvalue weighted by Crippen LogP contribution is -2.18. The van der Waals surface area contributed by atoms with Crippen LogP contribution in [0.25, 0.3) is 0 Å². The van der Waals surface area contributed by atoms with Gasteiger partial charge in [0.05, 0.1) is 16.7 Å². The molecule has 0 aliphatic carbocycles. The van der Waals surface area contributed by atoms with Crippen LogP contribution >= 0.6 is 0 Å². The van der Waals surface area contributed by atoms with Gasteiger partial charge >= 0.3 is 17.9 Å². The molecule has 0 saturated carbocycles. The van der Waals surface area contributed by atoms with Gasteiger partial charge in [-0.25, -0.2) is 14.4 Å². The number of aromatic carboxylic acids is 3. The number of carboxylic acids is 3. The van der Waals surface area contributed by atoms with Gasteiger partial charge in [0.1, 0.15) is 0 Å². The maximum Gasteiger partial charge on any atom is 0.336 e. The number of rotatable bonds is 9. The molecule has 0 aliphatic heterocycles. The highest BCUT2D eigenvalue weighted by atomic mass is 16.4. The molecular weight excluding hydrogens is 300 g/mol. The Bertz CT molecular complexity index is 618. The predicted octanol–water partition coefficient (Wildman–Crippen LogP) is 3.47. The van der Waals surface area contributed by atoms with Gasteiger partial charge in [0.15, 0.2) is 0 Å². The second-order valence-electron chi connectivity index (χ2n) is 5.39. The van der Waals surface area contributed by atoms with Gasteiger partial charge < -0.3 is 15.3 Å². The van der Waals surface area contributed by atoms with Crippen LogP contribution in [0, 0.1) is 0 Å². The third kappa shape index (κ3) is 4.31. The molecule has 0 aromatic heterocycles. The molecule has 6 nitrogen and oxygen atoms in total.